The molecule has 0 atom stereocenters. The fourth-order valence-corrected chi connectivity index (χ4v) is 2.39. The Morgan fingerprint density at radius 2 is 1.91 bits per heavy atom. The summed E-state index contributed by atoms with van der Waals surface area (Å²) < 4.78 is 10.9. The molecule has 0 bridgehead atoms. The van der Waals surface area contributed by atoms with Gasteiger partial charge >= 0.3 is 0 Å². The molecule has 3 aromatic rings. The molecule has 0 radical (unpaired) electrons. The van der Waals surface area contributed by atoms with Crippen LogP contribution in [0.2, 0.25) is 0 Å². The zero-order valence-electron chi connectivity index (χ0n) is 13.2. The lowest BCUT2D eigenvalue weighted by Crippen LogP contribution is -2.22. The highest BCUT2D eigenvalue weighted by Crippen LogP contribution is 2.25. The number of para-hydroxylation sites is 1. The van der Waals surface area contributed by atoms with Crippen LogP contribution in [0.4, 0.5) is 5.69 Å². The normalized spacial score (nSPS) is 11.7. The Bertz CT molecular complexity index is 835. The van der Waals surface area contributed by atoms with E-state index >= 15 is 0 Å². The second kappa shape index (κ2) is 6.44. The number of hydrogen-bond donors (Lipinski definition) is 2. The molecule has 2 aromatic carbocycles. The largest absolute Gasteiger partial charge is 0.497 e. The molecule has 0 saturated heterocycles. The first-order valence-corrected chi connectivity index (χ1v) is 7.35. The van der Waals surface area contributed by atoms with E-state index in [-0.39, 0.29) is 0 Å². The lowest BCUT2D eigenvalue weighted by molar-refractivity contribution is 0.415. The number of aryl methyl sites for hydroxylation is 1. The molecule has 3 rings (SSSR count). The van der Waals surface area contributed by atoms with Crippen molar-refractivity contribution in [3.63, 3.8) is 0 Å². The van der Waals surface area contributed by atoms with Gasteiger partial charge in [-0.25, -0.2) is 4.99 Å². The number of benzene rings is 2. The summed E-state index contributed by atoms with van der Waals surface area (Å²) in [4.78, 5) is 4.35. The Kier molecular flexibility index (Phi) is 4.19. The SMILES string of the molecule is COc1ccc(NC(N)=NCc2oc3ccccc3c2C)cc1. The van der Waals surface area contributed by atoms with Crippen LogP contribution in [-0.2, 0) is 6.54 Å². The molecule has 5 nitrogen and oxygen atoms in total. The number of guanidine groups is 1. The maximum Gasteiger partial charge on any atom is 0.193 e. The van der Waals surface area contributed by atoms with Gasteiger partial charge in [-0.15, -0.1) is 0 Å². The standard InChI is InChI=1S/C18H19N3O2/c1-12-15-5-3-4-6-16(15)23-17(12)11-20-18(19)21-13-7-9-14(22-2)10-8-13/h3-10H,11H2,1-2H3,(H3,19,20,21). The van der Waals surface area contributed by atoms with Crippen molar-refractivity contribution in [3.05, 3.63) is 59.9 Å². The van der Waals surface area contributed by atoms with Gasteiger partial charge in [-0.3, -0.25) is 0 Å². The maximum atomic E-state index is 5.93. The van der Waals surface area contributed by atoms with Gasteiger partial charge in [-0.1, -0.05) is 18.2 Å². The number of anilines is 1. The number of methoxy groups -OCH3 is 1. The molecule has 118 valence electrons. The second-order valence-corrected chi connectivity index (χ2v) is 5.20. The highest BCUT2D eigenvalue weighted by Gasteiger charge is 2.09. The van der Waals surface area contributed by atoms with Crippen molar-refractivity contribution in [2.75, 3.05) is 12.4 Å². The Morgan fingerprint density at radius 3 is 2.61 bits per heavy atom. The van der Waals surface area contributed by atoms with Crippen molar-refractivity contribution < 1.29 is 9.15 Å². The zero-order valence-corrected chi connectivity index (χ0v) is 13.2. The summed E-state index contributed by atoms with van der Waals surface area (Å²) in [6.45, 7) is 2.43. The minimum atomic E-state index is 0.343. The highest BCUT2D eigenvalue weighted by atomic mass is 16.5. The smallest absolute Gasteiger partial charge is 0.193 e. The van der Waals surface area contributed by atoms with Gasteiger partial charge in [0.15, 0.2) is 5.96 Å². The Balaban J connectivity index is 1.71. The average Bonchev–Trinajstić information content (AvgIpc) is 2.90. The van der Waals surface area contributed by atoms with Crippen molar-refractivity contribution in [1.82, 2.24) is 0 Å². The van der Waals surface area contributed by atoms with E-state index in [0.717, 1.165) is 33.7 Å². The summed E-state index contributed by atoms with van der Waals surface area (Å²) in [5.74, 6) is 1.96. The third kappa shape index (κ3) is 3.29. The van der Waals surface area contributed by atoms with Gasteiger partial charge in [-0.2, -0.15) is 0 Å². The first kappa shape index (κ1) is 15.0. The first-order valence-electron chi connectivity index (χ1n) is 7.35. The van der Waals surface area contributed by atoms with E-state index in [2.05, 4.69) is 10.3 Å². The van der Waals surface area contributed by atoms with Gasteiger partial charge < -0.3 is 20.2 Å². The number of nitrogens with two attached hydrogens (primary N) is 1. The van der Waals surface area contributed by atoms with E-state index in [1.165, 1.54) is 0 Å². The number of aliphatic imine (C=N–C) groups is 1. The van der Waals surface area contributed by atoms with E-state index < -0.39 is 0 Å². The topological polar surface area (TPSA) is 72.8 Å². The summed E-state index contributed by atoms with van der Waals surface area (Å²) >= 11 is 0. The molecule has 23 heavy (non-hydrogen) atoms. The third-order valence-electron chi connectivity index (χ3n) is 3.70. The Morgan fingerprint density at radius 1 is 1.17 bits per heavy atom. The van der Waals surface area contributed by atoms with Crippen molar-refractivity contribution in [1.29, 1.82) is 0 Å². The molecule has 5 heteroatoms. The van der Waals surface area contributed by atoms with Crippen molar-refractivity contribution in [2.45, 2.75) is 13.5 Å². The first-order chi connectivity index (χ1) is 11.2. The van der Waals surface area contributed by atoms with Crippen LogP contribution in [0.15, 0.2) is 57.9 Å². The summed E-state index contributed by atoms with van der Waals surface area (Å²) in [7, 11) is 1.63. The van der Waals surface area contributed by atoms with Crippen molar-refractivity contribution in [2.24, 2.45) is 10.7 Å². The van der Waals surface area contributed by atoms with Crippen LogP contribution in [0.5, 0.6) is 5.75 Å². The van der Waals surface area contributed by atoms with Crippen LogP contribution in [0.3, 0.4) is 0 Å². The third-order valence-corrected chi connectivity index (χ3v) is 3.70. The molecule has 1 aromatic heterocycles. The summed E-state index contributed by atoms with van der Waals surface area (Å²) in [5.41, 5.74) is 8.76. The van der Waals surface area contributed by atoms with Crippen molar-refractivity contribution >= 4 is 22.6 Å². The lowest BCUT2D eigenvalue weighted by Gasteiger charge is -2.06. The van der Waals surface area contributed by atoms with Crippen molar-refractivity contribution in [3.8, 4) is 5.75 Å². The van der Waals surface area contributed by atoms with Gasteiger partial charge in [0.05, 0.1) is 7.11 Å². The lowest BCUT2D eigenvalue weighted by atomic mass is 10.1. The molecule has 3 N–H and O–H groups in total. The number of rotatable bonds is 4. The minimum absolute atomic E-state index is 0.343. The highest BCUT2D eigenvalue weighted by molar-refractivity contribution is 5.92. The van der Waals surface area contributed by atoms with Gasteiger partial charge in [-0.05, 0) is 37.3 Å². The van der Waals surface area contributed by atoms with Gasteiger partial charge in [0.2, 0.25) is 0 Å². The zero-order chi connectivity index (χ0) is 16.2. The molecule has 0 saturated carbocycles. The molecule has 0 spiro atoms. The summed E-state index contributed by atoms with van der Waals surface area (Å²) in [6, 6.07) is 15.4. The molecule has 1 heterocycles. The number of hydrogen-bond acceptors (Lipinski definition) is 3. The van der Waals surface area contributed by atoms with Crippen LogP contribution < -0.4 is 15.8 Å². The van der Waals surface area contributed by atoms with Crippen LogP contribution in [0.1, 0.15) is 11.3 Å². The van der Waals surface area contributed by atoms with Crippen LogP contribution in [0, 0.1) is 6.92 Å². The predicted molar refractivity (Wildman–Crippen MR) is 92.9 cm³/mol. The number of furan rings is 1. The molecular weight excluding hydrogens is 290 g/mol. The fraction of sp³-hybridized carbons (Fsp3) is 0.167. The molecular formula is C18H19N3O2. The van der Waals surface area contributed by atoms with Gasteiger partial charge in [0, 0.05) is 16.6 Å². The summed E-state index contributed by atoms with van der Waals surface area (Å²) in [5, 5.41) is 4.16. The van der Waals surface area contributed by atoms with Crippen LogP contribution in [-0.4, -0.2) is 13.1 Å². The average molecular weight is 309 g/mol. The fourth-order valence-electron chi connectivity index (χ4n) is 2.39. The van der Waals surface area contributed by atoms with Crippen LogP contribution >= 0.6 is 0 Å². The number of nitrogens with zero attached hydrogens (tertiary/aromatic N) is 1. The molecule has 0 fully saturated rings. The monoisotopic (exact) mass is 309 g/mol. The summed E-state index contributed by atoms with van der Waals surface area (Å²) in [6.07, 6.45) is 0. The number of fused-ring (bicyclic) bond motifs is 1. The van der Waals surface area contributed by atoms with E-state index in [9.17, 15) is 0 Å². The van der Waals surface area contributed by atoms with E-state index in [1.807, 2.05) is 55.5 Å². The van der Waals surface area contributed by atoms with E-state index in [4.69, 9.17) is 14.9 Å². The van der Waals surface area contributed by atoms with E-state index in [1.54, 1.807) is 7.11 Å². The number of nitrogens with one attached hydrogen (secondary N) is 1. The molecule has 0 aliphatic heterocycles. The van der Waals surface area contributed by atoms with Gasteiger partial charge in [0.1, 0.15) is 23.6 Å². The second-order valence-electron chi connectivity index (χ2n) is 5.20. The van der Waals surface area contributed by atoms with Gasteiger partial charge in [0.25, 0.3) is 0 Å². The van der Waals surface area contributed by atoms with Crippen LogP contribution in [0.25, 0.3) is 11.0 Å². The molecule has 0 aliphatic rings. The van der Waals surface area contributed by atoms with E-state index in [0.29, 0.717) is 12.5 Å². The number of ether oxygens (including phenoxy) is 1. The maximum absolute atomic E-state index is 5.93. The molecule has 0 aliphatic carbocycles. The predicted octanol–water partition coefficient (Wildman–Crippen LogP) is 3.68. The quantitative estimate of drug-likeness (QED) is 0.569. The molecule has 0 unspecified atom stereocenters. The Hall–Kier alpha value is -2.95. The minimum Gasteiger partial charge on any atom is -0.497 e. The Labute approximate surface area is 134 Å². The molecule has 0 amide bonds.